The zero-order chi connectivity index (χ0) is 13.1. The molecule has 1 fully saturated rings. The Morgan fingerprint density at radius 3 is 2.56 bits per heavy atom. The second-order valence-electron chi connectivity index (χ2n) is 5.36. The van der Waals surface area contributed by atoms with Gasteiger partial charge in [-0.15, -0.1) is 0 Å². The largest absolute Gasteiger partial charge is 0.333 e. The van der Waals surface area contributed by atoms with Crippen LogP contribution in [0.3, 0.4) is 0 Å². The highest BCUT2D eigenvalue weighted by molar-refractivity contribution is 5.74. The van der Waals surface area contributed by atoms with Gasteiger partial charge in [-0.1, -0.05) is 44.2 Å². The van der Waals surface area contributed by atoms with Crippen LogP contribution in [0, 0.1) is 5.92 Å². The van der Waals surface area contributed by atoms with Gasteiger partial charge in [0.25, 0.3) is 0 Å². The number of amides is 1. The SMILES string of the molecule is CC(=O)N1CC(C(C)C)NCC1c1ccccc1. The van der Waals surface area contributed by atoms with E-state index in [1.165, 1.54) is 5.56 Å². The molecule has 2 rings (SSSR count). The number of nitrogens with zero attached hydrogens (tertiary/aromatic N) is 1. The summed E-state index contributed by atoms with van der Waals surface area (Å²) in [4.78, 5) is 13.8. The number of carbonyl (C=O) groups is 1. The highest BCUT2D eigenvalue weighted by atomic mass is 16.2. The van der Waals surface area contributed by atoms with E-state index in [0.29, 0.717) is 12.0 Å². The second kappa shape index (κ2) is 5.53. The molecule has 1 aliphatic heterocycles. The van der Waals surface area contributed by atoms with Gasteiger partial charge >= 0.3 is 0 Å². The van der Waals surface area contributed by atoms with Crippen molar-refractivity contribution >= 4 is 5.91 Å². The second-order valence-corrected chi connectivity index (χ2v) is 5.36. The van der Waals surface area contributed by atoms with Crippen LogP contribution < -0.4 is 5.32 Å². The molecule has 98 valence electrons. The normalized spacial score (nSPS) is 24.3. The molecule has 1 N–H and O–H groups in total. The first kappa shape index (κ1) is 13.1. The number of hydrogen-bond donors (Lipinski definition) is 1. The molecule has 1 aliphatic rings. The summed E-state index contributed by atoms with van der Waals surface area (Å²) in [5, 5.41) is 3.56. The first-order valence-corrected chi connectivity index (χ1v) is 6.65. The van der Waals surface area contributed by atoms with Gasteiger partial charge < -0.3 is 10.2 Å². The van der Waals surface area contributed by atoms with Crippen LogP contribution in [0.15, 0.2) is 30.3 Å². The molecule has 3 nitrogen and oxygen atoms in total. The number of rotatable bonds is 2. The minimum Gasteiger partial charge on any atom is -0.333 e. The van der Waals surface area contributed by atoms with Crippen molar-refractivity contribution in [2.75, 3.05) is 13.1 Å². The topological polar surface area (TPSA) is 32.3 Å². The van der Waals surface area contributed by atoms with E-state index in [1.807, 2.05) is 23.1 Å². The Kier molecular flexibility index (Phi) is 4.02. The predicted molar refractivity (Wildman–Crippen MR) is 73.2 cm³/mol. The molecule has 1 amide bonds. The van der Waals surface area contributed by atoms with Crippen molar-refractivity contribution < 1.29 is 4.79 Å². The Labute approximate surface area is 109 Å². The van der Waals surface area contributed by atoms with Crippen molar-refractivity contribution in [3.8, 4) is 0 Å². The predicted octanol–water partition coefficient (Wildman–Crippen LogP) is 2.20. The summed E-state index contributed by atoms with van der Waals surface area (Å²) in [6.07, 6.45) is 0. The van der Waals surface area contributed by atoms with E-state index in [9.17, 15) is 4.79 Å². The Hall–Kier alpha value is -1.35. The molecule has 1 aromatic rings. The zero-order valence-electron chi connectivity index (χ0n) is 11.4. The highest BCUT2D eigenvalue weighted by Crippen LogP contribution is 2.25. The lowest BCUT2D eigenvalue weighted by Gasteiger charge is -2.41. The summed E-state index contributed by atoms with van der Waals surface area (Å²) in [5.41, 5.74) is 1.21. The van der Waals surface area contributed by atoms with Crippen molar-refractivity contribution in [1.82, 2.24) is 10.2 Å². The molecule has 0 radical (unpaired) electrons. The average molecular weight is 246 g/mol. The standard InChI is InChI=1S/C15H22N2O/c1-11(2)14-10-17(12(3)18)15(9-16-14)13-7-5-4-6-8-13/h4-8,11,14-16H,9-10H2,1-3H3. The molecule has 0 aliphatic carbocycles. The summed E-state index contributed by atoms with van der Waals surface area (Å²) >= 11 is 0. The molecule has 2 unspecified atom stereocenters. The van der Waals surface area contributed by atoms with E-state index in [-0.39, 0.29) is 11.9 Å². The fourth-order valence-electron chi connectivity index (χ4n) is 2.54. The maximum atomic E-state index is 11.8. The lowest BCUT2D eigenvalue weighted by molar-refractivity contribution is -0.133. The van der Waals surface area contributed by atoms with Crippen LogP contribution in [0.5, 0.6) is 0 Å². The molecule has 0 aromatic heterocycles. The van der Waals surface area contributed by atoms with Crippen molar-refractivity contribution in [3.05, 3.63) is 35.9 Å². The summed E-state index contributed by atoms with van der Waals surface area (Å²) in [6, 6.07) is 10.8. The molecule has 18 heavy (non-hydrogen) atoms. The van der Waals surface area contributed by atoms with E-state index in [4.69, 9.17) is 0 Å². The van der Waals surface area contributed by atoms with Crippen molar-refractivity contribution in [2.45, 2.75) is 32.9 Å². The van der Waals surface area contributed by atoms with Crippen molar-refractivity contribution in [2.24, 2.45) is 5.92 Å². The summed E-state index contributed by atoms with van der Waals surface area (Å²) in [6.45, 7) is 7.69. The lowest BCUT2D eigenvalue weighted by Crippen LogP contribution is -2.55. The molecule has 1 aromatic carbocycles. The Morgan fingerprint density at radius 1 is 1.33 bits per heavy atom. The van der Waals surface area contributed by atoms with Gasteiger partial charge in [-0.05, 0) is 11.5 Å². The molecule has 1 heterocycles. The molecule has 0 spiro atoms. The van der Waals surface area contributed by atoms with Gasteiger partial charge in [0.2, 0.25) is 5.91 Å². The third kappa shape index (κ3) is 2.72. The fraction of sp³-hybridized carbons (Fsp3) is 0.533. The first-order chi connectivity index (χ1) is 8.59. The van der Waals surface area contributed by atoms with Crippen LogP contribution in [0.4, 0.5) is 0 Å². The number of benzene rings is 1. The lowest BCUT2D eigenvalue weighted by atomic mass is 9.96. The van der Waals surface area contributed by atoms with Crippen LogP contribution in [-0.4, -0.2) is 29.9 Å². The highest BCUT2D eigenvalue weighted by Gasteiger charge is 2.31. The number of carbonyl (C=O) groups excluding carboxylic acids is 1. The Balaban J connectivity index is 2.19. The monoisotopic (exact) mass is 246 g/mol. The maximum Gasteiger partial charge on any atom is 0.220 e. The summed E-state index contributed by atoms with van der Waals surface area (Å²) < 4.78 is 0. The number of piperazine rings is 1. The molecule has 1 saturated heterocycles. The van der Waals surface area contributed by atoms with E-state index in [2.05, 4.69) is 31.3 Å². The van der Waals surface area contributed by atoms with Crippen LogP contribution >= 0.6 is 0 Å². The van der Waals surface area contributed by atoms with Crippen LogP contribution in [0.25, 0.3) is 0 Å². The number of nitrogens with one attached hydrogen (secondary N) is 1. The Morgan fingerprint density at radius 2 is 2.00 bits per heavy atom. The third-order valence-electron chi connectivity index (χ3n) is 3.74. The van der Waals surface area contributed by atoms with Crippen molar-refractivity contribution in [3.63, 3.8) is 0 Å². The molecule has 0 bridgehead atoms. The third-order valence-corrected chi connectivity index (χ3v) is 3.74. The zero-order valence-corrected chi connectivity index (χ0v) is 11.4. The Bertz CT molecular complexity index is 402. The van der Waals surface area contributed by atoms with Gasteiger partial charge in [0.1, 0.15) is 0 Å². The molecule has 0 saturated carbocycles. The minimum absolute atomic E-state index is 0.163. The van der Waals surface area contributed by atoms with Gasteiger partial charge in [-0.25, -0.2) is 0 Å². The number of hydrogen-bond acceptors (Lipinski definition) is 2. The fourth-order valence-corrected chi connectivity index (χ4v) is 2.54. The van der Waals surface area contributed by atoms with Gasteiger partial charge in [0, 0.05) is 26.1 Å². The quantitative estimate of drug-likeness (QED) is 0.867. The van der Waals surface area contributed by atoms with E-state index >= 15 is 0 Å². The molecule has 3 heteroatoms. The maximum absolute atomic E-state index is 11.8. The molecular formula is C15H22N2O. The van der Waals surface area contributed by atoms with Crippen LogP contribution in [-0.2, 0) is 4.79 Å². The summed E-state index contributed by atoms with van der Waals surface area (Å²) in [5.74, 6) is 0.708. The molecular weight excluding hydrogens is 224 g/mol. The average Bonchev–Trinajstić information content (AvgIpc) is 2.39. The van der Waals surface area contributed by atoms with Gasteiger partial charge in [0.15, 0.2) is 0 Å². The van der Waals surface area contributed by atoms with Gasteiger partial charge in [-0.2, -0.15) is 0 Å². The minimum atomic E-state index is 0.163. The van der Waals surface area contributed by atoms with E-state index < -0.39 is 0 Å². The van der Waals surface area contributed by atoms with Gasteiger partial charge in [-0.3, -0.25) is 4.79 Å². The first-order valence-electron chi connectivity index (χ1n) is 6.65. The van der Waals surface area contributed by atoms with E-state index in [0.717, 1.165) is 13.1 Å². The van der Waals surface area contributed by atoms with Crippen molar-refractivity contribution in [1.29, 1.82) is 0 Å². The van der Waals surface area contributed by atoms with E-state index in [1.54, 1.807) is 6.92 Å². The van der Waals surface area contributed by atoms with Gasteiger partial charge in [0.05, 0.1) is 6.04 Å². The smallest absolute Gasteiger partial charge is 0.220 e. The van der Waals surface area contributed by atoms with Crippen LogP contribution in [0.1, 0.15) is 32.4 Å². The summed E-state index contributed by atoms with van der Waals surface area (Å²) in [7, 11) is 0. The molecule has 2 atom stereocenters. The van der Waals surface area contributed by atoms with Crippen LogP contribution in [0.2, 0.25) is 0 Å².